The normalized spacial score (nSPS) is 15.7. The summed E-state index contributed by atoms with van der Waals surface area (Å²) in [6.07, 6.45) is 3.99. The lowest BCUT2D eigenvalue weighted by molar-refractivity contribution is -0.122. The van der Waals surface area contributed by atoms with Crippen LogP contribution in [0.4, 0.5) is 5.69 Å². The largest absolute Gasteiger partial charge is 0.492 e. The van der Waals surface area contributed by atoms with E-state index in [2.05, 4.69) is 5.32 Å². The summed E-state index contributed by atoms with van der Waals surface area (Å²) in [6.45, 7) is 2.98. The number of halogens is 2. The first-order valence-electron chi connectivity index (χ1n) is 11.9. The molecule has 1 atom stereocenters. The zero-order valence-electron chi connectivity index (χ0n) is 20.7. The molecule has 1 fully saturated rings. The van der Waals surface area contributed by atoms with Gasteiger partial charge < -0.3 is 10.1 Å². The van der Waals surface area contributed by atoms with Crippen LogP contribution >= 0.6 is 23.2 Å². The Kier molecular flexibility index (Phi) is 10.1. The van der Waals surface area contributed by atoms with Crippen LogP contribution in [0.15, 0.2) is 47.4 Å². The van der Waals surface area contributed by atoms with Crippen molar-refractivity contribution in [2.45, 2.75) is 43.5 Å². The molecule has 3 rings (SSSR count). The third-order valence-corrected chi connectivity index (χ3v) is 9.77. The van der Waals surface area contributed by atoms with Gasteiger partial charge in [-0.3, -0.25) is 9.10 Å². The lowest BCUT2D eigenvalue weighted by Crippen LogP contribution is -2.50. The molecule has 1 heterocycles. The van der Waals surface area contributed by atoms with Gasteiger partial charge in [0, 0.05) is 13.1 Å². The fourth-order valence-electron chi connectivity index (χ4n) is 4.11. The van der Waals surface area contributed by atoms with E-state index in [-0.39, 0.29) is 40.2 Å². The minimum atomic E-state index is -3.82. The van der Waals surface area contributed by atoms with Gasteiger partial charge in [0.25, 0.3) is 0 Å². The predicted molar refractivity (Wildman–Crippen MR) is 145 cm³/mol. The van der Waals surface area contributed by atoms with E-state index in [4.69, 9.17) is 27.9 Å². The highest BCUT2D eigenvalue weighted by molar-refractivity contribution is 7.92. The number of amides is 1. The number of sulfonamides is 2. The Labute approximate surface area is 228 Å². The zero-order chi connectivity index (χ0) is 27.2. The van der Waals surface area contributed by atoms with Crippen LogP contribution in [-0.2, 0) is 24.8 Å². The van der Waals surface area contributed by atoms with Crippen molar-refractivity contribution in [2.75, 3.05) is 36.8 Å². The van der Waals surface area contributed by atoms with Gasteiger partial charge >= 0.3 is 0 Å². The van der Waals surface area contributed by atoms with Crippen LogP contribution in [0.2, 0.25) is 10.0 Å². The third-order valence-electron chi connectivity index (χ3n) is 5.93. The highest BCUT2D eigenvalue weighted by Gasteiger charge is 2.31. The van der Waals surface area contributed by atoms with Gasteiger partial charge in [-0.2, -0.15) is 4.31 Å². The Morgan fingerprint density at radius 3 is 2.24 bits per heavy atom. The Morgan fingerprint density at radius 2 is 1.68 bits per heavy atom. The number of carbonyl (C=O) groups is 1. The summed E-state index contributed by atoms with van der Waals surface area (Å²) in [6, 6.07) is 9.51. The molecule has 1 amide bonds. The van der Waals surface area contributed by atoms with Gasteiger partial charge in [0.05, 0.1) is 33.4 Å². The van der Waals surface area contributed by atoms with Crippen LogP contribution in [0.5, 0.6) is 5.75 Å². The van der Waals surface area contributed by atoms with Crippen molar-refractivity contribution < 1.29 is 26.4 Å². The summed E-state index contributed by atoms with van der Waals surface area (Å²) >= 11 is 12.0. The highest BCUT2D eigenvalue weighted by Crippen LogP contribution is 2.30. The van der Waals surface area contributed by atoms with Crippen LogP contribution in [0.3, 0.4) is 0 Å². The molecule has 1 unspecified atom stereocenters. The van der Waals surface area contributed by atoms with E-state index in [1.807, 2.05) is 0 Å². The van der Waals surface area contributed by atoms with Crippen molar-refractivity contribution in [1.82, 2.24) is 9.62 Å². The maximum absolute atomic E-state index is 12.9. The van der Waals surface area contributed by atoms with Crippen molar-refractivity contribution in [3.63, 3.8) is 0 Å². The number of carbonyl (C=O) groups excluding carboxylic acids is 1. The number of anilines is 1. The number of ether oxygens (including phenoxy) is 1. The van der Waals surface area contributed by atoms with Crippen molar-refractivity contribution in [3.8, 4) is 5.75 Å². The second kappa shape index (κ2) is 12.7. The first-order valence-corrected chi connectivity index (χ1v) is 15.9. The lowest BCUT2D eigenvalue weighted by atomic mass is 10.2. The van der Waals surface area contributed by atoms with E-state index in [0.717, 1.165) is 29.8 Å². The van der Waals surface area contributed by atoms with Gasteiger partial charge in [0.1, 0.15) is 18.4 Å². The second-order valence-corrected chi connectivity index (χ2v) is 13.3. The molecule has 0 aromatic heterocycles. The summed E-state index contributed by atoms with van der Waals surface area (Å²) in [5.41, 5.74) is 0.231. The van der Waals surface area contributed by atoms with Crippen LogP contribution in [-0.4, -0.2) is 65.6 Å². The quantitative estimate of drug-likeness (QED) is 0.396. The van der Waals surface area contributed by atoms with E-state index in [9.17, 15) is 21.6 Å². The molecular formula is C24H31Cl2N3O6S2. The average Bonchev–Trinajstić information content (AvgIpc) is 2.87. The Balaban J connectivity index is 1.59. The monoisotopic (exact) mass is 591 g/mol. The number of hydrogen-bond acceptors (Lipinski definition) is 6. The zero-order valence-corrected chi connectivity index (χ0v) is 23.8. The van der Waals surface area contributed by atoms with Crippen molar-refractivity contribution in [1.29, 1.82) is 0 Å². The minimum absolute atomic E-state index is 0.103. The van der Waals surface area contributed by atoms with Crippen molar-refractivity contribution in [2.24, 2.45) is 0 Å². The molecule has 37 heavy (non-hydrogen) atoms. The average molecular weight is 593 g/mol. The van der Waals surface area contributed by atoms with Gasteiger partial charge in [-0.1, -0.05) is 36.5 Å². The summed E-state index contributed by atoms with van der Waals surface area (Å²) in [5.74, 6) is -0.0435. The molecule has 0 aliphatic carbocycles. The number of nitrogens with zero attached hydrogens (tertiary/aromatic N) is 2. The summed E-state index contributed by atoms with van der Waals surface area (Å²) < 4.78 is 58.8. The molecule has 1 N–H and O–H groups in total. The maximum atomic E-state index is 12.9. The van der Waals surface area contributed by atoms with Crippen LogP contribution < -0.4 is 14.4 Å². The number of rotatable bonds is 11. The molecule has 1 saturated heterocycles. The van der Waals surface area contributed by atoms with Crippen molar-refractivity contribution in [3.05, 3.63) is 52.5 Å². The molecule has 0 bridgehead atoms. The molecule has 204 valence electrons. The predicted octanol–water partition coefficient (Wildman–Crippen LogP) is 3.91. The SMILES string of the molecule is CCC(C(=O)NCCOc1ccc(S(=O)(=O)N2CCCCC2)cc1)N(c1ccc(Cl)c(Cl)c1)S(C)(=O)=O. The fraction of sp³-hybridized carbons (Fsp3) is 0.458. The number of piperidine rings is 1. The topological polar surface area (TPSA) is 113 Å². The van der Waals surface area contributed by atoms with Crippen molar-refractivity contribution >= 4 is 54.8 Å². The van der Waals surface area contributed by atoms with Gasteiger partial charge in [-0.05, 0) is 61.7 Å². The van der Waals surface area contributed by atoms with Crippen LogP contribution in [0.1, 0.15) is 32.6 Å². The highest BCUT2D eigenvalue weighted by atomic mass is 35.5. The summed E-state index contributed by atoms with van der Waals surface area (Å²) in [7, 11) is -7.34. The van der Waals surface area contributed by atoms with E-state index >= 15 is 0 Å². The smallest absolute Gasteiger partial charge is 0.244 e. The first kappa shape index (κ1) is 29.5. The van der Waals surface area contributed by atoms with Crippen LogP contribution in [0, 0.1) is 0 Å². The third kappa shape index (κ3) is 7.51. The fourth-order valence-corrected chi connectivity index (χ4v) is 7.12. The Morgan fingerprint density at radius 1 is 1.03 bits per heavy atom. The number of benzene rings is 2. The molecular weight excluding hydrogens is 561 g/mol. The van der Waals surface area contributed by atoms with E-state index < -0.39 is 32.0 Å². The molecule has 0 saturated carbocycles. The van der Waals surface area contributed by atoms with E-state index in [1.165, 1.54) is 34.6 Å². The molecule has 0 spiro atoms. The second-order valence-electron chi connectivity index (χ2n) is 8.66. The lowest BCUT2D eigenvalue weighted by Gasteiger charge is -2.30. The molecule has 1 aliphatic rings. The molecule has 9 nitrogen and oxygen atoms in total. The molecule has 2 aromatic carbocycles. The van der Waals surface area contributed by atoms with E-state index in [0.29, 0.717) is 18.8 Å². The number of hydrogen-bond donors (Lipinski definition) is 1. The summed E-state index contributed by atoms with van der Waals surface area (Å²) in [4.78, 5) is 13.1. The molecule has 1 aliphatic heterocycles. The van der Waals surface area contributed by atoms with Gasteiger partial charge in [0.15, 0.2) is 0 Å². The van der Waals surface area contributed by atoms with Gasteiger partial charge in [-0.25, -0.2) is 16.8 Å². The first-order chi connectivity index (χ1) is 17.4. The van der Waals surface area contributed by atoms with Gasteiger partial charge in [0.2, 0.25) is 26.0 Å². The maximum Gasteiger partial charge on any atom is 0.244 e. The van der Waals surface area contributed by atoms with Crippen LogP contribution in [0.25, 0.3) is 0 Å². The summed E-state index contributed by atoms with van der Waals surface area (Å²) in [5, 5.41) is 3.14. The Bertz CT molecular complexity index is 1300. The molecule has 2 aromatic rings. The molecule has 0 radical (unpaired) electrons. The number of nitrogens with one attached hydrogen (secondary N) is 1. The Hall–Kier alpha value is -2.05. The van der Waals surface area contributed by atoms with E-state index in [1.54, 1.807) is 19.1 Å². The standard InChI is InChI=1S/C24H31Cl2N3O6S2/c1-3-23(29(36(2,31)32)18-7-12-21(25)22(26)17-18)24(30)27-13-16-35-19-8-10-20(11-9-19)37(33,34)28-14-5-4-6-15-28/h7-12,17,23H,3-6,13-16H2,1-2H3,(H,27,30). The molecule has 13 heteroatoms. The van der Waals surface area contributed by atoms with Gasteiger partial charge in [-0.15, -0.1) is 0 Å². The minimum Gasteiger partial charge on any atom is -0.492 e.